The van der Waals surface area contributed by atoms with Gasteiger partial charge in [0.25, 0.3) is 0 Å². The monoisotopic (exact) mass is 293 g/mol. The van der Waals surface area contributed by atoms with E-state index in [1.54, 1.807) is 24.3 Å². The molecule has 106 valence electrons. The van der Waals surface area contributed by atoms with Crippen molar-refractivity contribution in [2.45, 2.75) is 6.92 Å². The molecule has 1 aromatic carbocycles. The van der Waals surface area contributed by atoms with Gasteiger partial charge in [-0.05, 0) is 31.2 Å². The van der Waals surface area contributed by atoms with Crippen molar-refractivity contribution in [1.82, 2.24) is 0 Å². The number of rotatable bonds is 4. The van der Waals surface area contributed by atoms with Gasteiger partial charge in [0.05, 0.1) is 5.75 Å². The van der Waals surface area contributed by atoms with Crippen molar-refractivity contribution in [2.75, 3.05) is 11.1 Å². The molecule has 7 nitrogen and oxygen atoms in total. The predicted molar refractivity (Wildman–Crippen MR) is 81.1 cm³/mol. The van der Waals surface area contributed by atoms with Gasteiger partial charge in [-0.3, -0.25) is 15.0 Å². The van der Waals surface area contributed by atoms with Gasteiger partial charge in [-0.15, -0.1) is 0 Å². The number of guanidine groups is 1. The molecule has 0 unspecified atom stereocenters. The summed E-state index contributed by atoms with van der Waals surface area (Å²) in [4.78, 5) is 26.2. The third-order valence-corrected chi connectivity index (χ3v) is 2.92. The van der Waals surface area contributed by atoms with E-state index in [1.165, 1.54) is 6.92 Å². The fourth-order valence-corrected chi connectivity index (χ4v) is 1.78. The molecule has 0 saturated carbocycles. The number of hydrogen-bond acceptors (Lipinski definition) is 4. The smallest absolute Gasteiger partial charge is 0.234 e. The third-order valence-electron chi connectivity index (χ3n) is 2.15. The SMILES string of the molecule is CC(=O)c1ccc(NC(=O)CSC(=N)N=C(N)N)cc1. The first-order valence-electron chi connectivity index (χ1n) is 5.60. The van der Waals surface area contributed by atoms with Crippen LogP contribution in [0.25, 0.3) is 0 Å². The van der Waals surface area contributed by atoms with E-state index in [4.69, 9.17) is 16.9 Å². The van der Waals surface area contributed by atoms with Gasteiger partial charge in [-0.25, -0.2) is 0 Å². The average Bonchev–Trinajstić information content (AvgIpc) is 2.36. The largest absolute Gasteiger partial charge is 0.370 e. The summed E-state index contributed by atoms with van der Waals surface area (Å²) < 4.78 is 0. The van der Waals surface area contributed by atoms with Crippen LogP contribution in [0.1, 0.15) is 17.3 Å². The lowest BCUT2D eigenvalue weighted by atomic mass is 10.1. The fraction of sp³-hybridized carbons (Fsp3) is 0.167. The first kappa shape index (κ1) is 15.7. The lowest BCUT2D eigenvalue weighted by molar-refractivity contribution is -0.113. The number of anilines is 1. The van der Waals surface area contributed by atoms with Crippen molar-refractivity contribution < 1.29 is 9.59 Å². The zero-order chi connectivity index (χ0) is 15.1. The summed E-state index contributed by atoms with van der Waals surface area (Å²) in [6, 6.07) is 6.54. The highest BCUT2D eigenvalue weighted by Gasteiger charge is 2.06. The molecule has 0 saturated heterocycles. The minimum atomic E-state index is -0.291. The lowest BCUT2D eigenvalue weighted by Gasteiger charge is -2.05. The summed E-state index contributed by atoms with van der Waals surface area (Å²) in [6.45, 7) is 1.47. The van der Waals surface area contributed by atoms with Crippen LogP contribution in [0.15, 0.2) is 29.3 Å². The maximum Gasteiger partial charge on any atom is 0.234 e. The summed E-state index contributed by atoms with van der Waals surface area (Å²) in [5, 5.41) is 9.87. The molecule has 1 aromatic rings. The lowest BCUT2D eigenvalue weighted by Crippen LogP contribution is -2.24. The molecule has 0 aliphatic carbocycles. The number of benzene rings is 1. The number of thioether (sulfide) groups is 1. The zero-order valence-electron chi connectivity index (χ0n) is 10.8. The van der Waals surface area contributed by atoms with Crippen LogP contribution < -0.4 is 16.8 Å². The maximum absolute atomic E-state index is 11.6. The van der Waals surface area contributed by atoms with Crippen molar-refractivity contribution >= 4 is 40.3 Å². The summed E-state index contributed by atoms with van der Waals surface area (Å²) in [5.74, 6) is -0.530. The van der Waals surface area contributed by atoms with Crippen molar-refractivity contribution in [2.24, 2.45) is 16.5 Å². The Morgan fingerprint density at radius 2 is 1.90 bits per heavy atom. The molecule has 0 atom stereocenters. The Labute approximate surface area is 120 Å². The number of nitrogens with two attached hydrogens (primary N) is 2. The Morgan fingerprint density at radius 1 is 1.30 bits per heavy atom. The Kier molecular flexibility index (Phi) is 5.73. The van der Waals surface area contributed by atoms with Gasteiger partial charge >= 0.3 is 0 Å². The highest BCUT2D eigenvalue weighted by molar-refractivity contribution is 8.14. The molecule has 0 radical (unpaired) electrons. The van der Waals surface area contributed by atoms with Crippen LogP contribution in [0.4, 0.5) is 5.69 Å². The van der Waals surface area contributed by atoms with Crippen LogP contribution in [-0.4, -0.2) is 28.6 Å². The molecule has 0 aromatic heterocycles. The summed E-state index contributed by atoms with van der Waals surface area (Å²) in [6.07, 6.45) is 0. The second kappa shape index (κ2) is 7.29. The molecular formula is C12H15N5O2S. The molecule has 6 N–H and O–H groups in total. The standard InChI is InChI=1S/C12H15N5O2S/c1-7(18)8-2-4-9(5-3-8)16-10(19)6-20-12(15)17-11(13)14/h2-5H,6H2,1H3,(H,16,19)(H5,13,14,15,17). The number of amidine groups is 1. The summed E-state index contributed by atoms with van der Waals surface area (Å²) in [5.41, 5.74) is 11.4. The van der Waals surface area contributed by atoms with Gasteiger partial charge in [-0.1, -0.05) is 11.8 Å². The molecular weight excluding hydrogens is 278 g/mol. The number of ketones is 1. The number of amides is 1. The highest BCUT2D eigenvalue weighted by Crippen LogP contribution is 2.11. The van der Waals surface area contributed by atoms with Crippen LogP contribution in [-0.2, 0) is 4.79 Å². The quantitative estimate of drug-likeness (QED) is 0.369. The highest BCUT2D eigenvalue weighted by atomic mass is 32.2. The zero-order valence-corrected chi connectivity index (χ0v) is 11.7. The number of hydrogen-bond donors (Lipinski definition) is 4. The van der Waals surface area contributed by atoms with Gasteiger partial charge in [0.15, 0.2) is 16.9 Å². The molecule has 0 aliphatic heterocycles. The van der Waals surface area contributed by atoms with Gasteiger partial charge in [0.1, 0.15) is 0 Å². The van der Waals surface area contributed by atoms with Crippen molar-refractivity contribution in [3.8, 4) is 0 Å². The molecule has 0 bridgehead atoms. The number of nitrogens with one attached hydrogen (secondary N) is 2. The van der Waals surface area contributed by atoms with Crippen molar-refractivity contribution in [3.05, 3.63) is 29.8 Å². The van der Waals surface area contributed by atoms with Gasteiger partial charge in [0.2, 0.25) is 5.91 Å². The first-order chi connectivity index (χ1) is 9.38. The van der Waals surface area contributed by atoms with E-state index < -0.39 is 0 Å². The molecule has 1 rings (SSSR count). The Bertz CT molecular complexity index is 549. The molecule has 0 aliphatic rings. The molecule has 0 heterocycles. The van der Waals surface area contributed by atoms with Gasteiger partial charge in [0, 0.05) is 11.3 Å². The summed E-state index contributed by atoms with van der Waals surface area (Å²) in [7, 11) is 0. The topological polar surface area (TPSA) is 134 Å². The minimum absolute atomic E-state index is 0.0179. The number of nitrogens with zero attached hydrogens (tertiary/aromatic N) is 1. The van der Waals surface area contributed by atoms with Gasteiger partial charge < -0.3 is 16.8 Å². The van der Waals surface area contributed by atoms with E-state index in [2.05, 4.69) is 10.3 Å². The van der Waals surface area contributed by atoms with Crippen LogP contribution in [0, 0.1) is 5.41 Å². The van der Waals surface area contributed by atoms with Crippen molar-refractivity contribution in [1.29, 1.82) is 5.41 Å². The first-order valence-corrected chi connectivity index (χ1v) is 6.59. The average molecular weight is 293 g/mol. The normalized spacial score (nSPS) is 9.65. The van der Waals surface area contributed by atoms with Crippen LogP contribution in [0.5, 0.6) is 0 Å². The Morgan fingerprint density at radius 3 is 2.40 bits per heavy atom. The van der Waals surface area contributed by atoms with Crippen molar-refractivity contribution in [3.63, 3.8) is 0 Å². The number of aliphatic imine (C=N–C) groups is 1. The van der Waals surface area contributed by atoms with E-state index in [-0.39, 0.29) is 28.6 Å². The van der Waals surface area contributed by atoms with E-state index in [1.807, 2.05) is 0 Å². The molecule has 8 heteroatoms. The fourth-order valence-electron chi connectivity index (χ4n) is 1.27. The van der Waals surface area contributed by atoms with E-state index in [0.717, 1.165) is 11.8 Å². The number of carbonyl (C=O) groups is 2. The third kappa shape index (κ3) is 5.53. The van der Waals surface area contributed by atoms with E-state index in [0.29, 0.717) is 11.3 Å². The van der Waals surface area contributed by atoms with Crippen LogP contribution in [0.3, 0.4) is 0 Å². The Hall–Kier alpha value is -2.35. The number of Topliss-reactive ketones (excluding diaryl/α,β-unsaturated/α-hetero) is 1. The Balaban J connectivity index is 2.48. The predicted octanol–water partition coefficient (Wildman–Crippen LogP) is 0.769. The molecule has 0 spiro atoms. The second-order valence-electron chi connectivity index (χ2n) is 3.81. The number of carbonyl (C=O) groups excluding carboxylic acids is 2. The molecule has 20 heavy (non-hydrogen) atoms. The van der Waals surface area contributed by atoms with Gasteiger partial charge in [-0.2, -0.15) is 4.99 Å². The van der Waals surface area contributed by atoms with Crippen LogP contribution >= 0.6 is 11.8 Å². The van der Waals surface area contributed by atoms with E-state index >= 15 is 0 Å². The maximum atomic E-state index is 11.6. The van der Waals surface area contributed by atoms with Crippen LogP contribution in [0.2, 0.25) is 0 Å². The van der Waals surface area contributed by atoms with E-state index in [9.17, 15) is 9.59 Å². The second-order valence-corrected chi connectivity index (χ2v) is 4.78. The molecule has 1 amide bonds. The molecule has 0 fully saturated rings. The minimum Gasteiger partial charge on any atom is -0.370 e. The summed E-state index contributed by atoms with van der Waals surface area (Å²) >= 11 is 0.910.